The lowest BCUT2D eigenvalue weighted by atomic mass is 10.1. The summed E-state index contributed by atoms with van der Waals surface area (Å²) in [4.78, 5) is 10.1. The van der Waals surface area contributed by atoms with Crippen molar-refractivity contribution in [3.63, 3.8) is 0 Å². The minimum absolute atomic E-state index is 0.0463. The molecule has 0 spiro atoms. The Morgan fingerprint density at radius 3 is 2.48 bits per heavy atom. The predicted octanol–water partition coefficient (Wildman–Crippen LogP) is 5.40. The minimum Gasteiger partial charge on any atom is -0.415 e. The molecule has 0 atom stereocenters. The van der Waals surface area contributed by atoms with Crippen LogP contribution in [-0.4, -0.2) is 15.1 Å². The maximum absolute atomic E-state index is 12.8. The van der Waals surface area contributed by atoms with Gasteiger partial charge in [0.15, 0.2) is 0 Å². The second kappa shape index (κ2) is 7.20. The highest BCUT2D eigenvalue weighted by molar-refractivity contribution is 6.50. The first-order chi connectivity index (χ1) is 12.7. The zero-order valence-corrected chi connectivity index (χ0v) is 14.0. The van der Waals surface area contributed by atoms with E-state index >= 15 is 0 Å². The highest BCUT2D eigenvalue weighted by Gasteiger charge is 2.30. The van der Waals surface area contributed by atoms with Gasteiger partial charge in [0, 0.05) is 17.7 Å². The Morgan fingerprint density at radius 2 is 1.85 bits per heavy atom. The number of rotatable bonds is 4. The Kier molecular flexibility index (Phi) is 4.95. The zero-order valence-electron chi connectivity index (χ0n) is 13.3. The van der Waals surface area contributed by atoms with Crippen LogP contribution >= 0.6 is 11.6 Å². The van der Waals surface area contributed by atoms with Gasteiger partial charge in [-0.3, -0.25) is 10.1 Å². The summed E-state index contributed by atoms with van der Waals surface area (Å²) in [5, 5.41) is 18.1. The van der Waals surface area contributed by atoms with Crippen LogP contribution in [0.15, 0.2) is 52.9 Å². The second-order valence-electron chi connectivity index (χ2n) is 5.33. The number of hydrogen-bond donors (Lipinski definition) is 0. The van der Waals surface area contributed by atoms with Gasteiger partial charge in [-0.1, -0.05) is 23.7 Å². The van der Waals surface area contributed by atoms with Gasteiger partial charge in [-0.15, -0.1) is 10.2 Å². The minimum atomic E-state index is -4.47. The third kappa shape index (κ3) is 4.32. The Hall–Kier alpha value is -3.20. The van der Waals surface area contributed by atoms with Crippen molar-refractivity contribution in [2.24, 2.45) is 0 Å². The molecule has 0 saturated heterocycles. The van der Waals surface area contributed by atoms with Gasteiger partial charge in [-0.05, 0) is 35.9 Å². The average Bonchev–Trinajstić information content (AvgIpc) is 3.11. The van der Waals surface area contributed by atoms with Crippen LogP contribution < -0.4 is 0 Å². The lowest BCUT2D eigenvalue weighted by Gasteiger charge is -2.06. The van der Waals surface area contributed by atoms with Crippen molar-refractivity contribution >= 4 is 28.4 Å². The van der Waals surface area contributed by atoms with E-state index < -0.39 is 16.7 Å². The zero-order chi connectivity index (χ0) is 19.6. The number of nitro groups is 1. The van der Waals surface area contributed by atoms with Crippen molar-refractivity contribution in [2.75, 3.05) is 0 Å². The van der Waals surface area contributed by atoms with Crippen LogP contribution in [0.3, 0.4) is 0 Å². The molecule has 10 heteroatoms. The van der Waals surface area contributed by atoms with E-state index in [1.165, 1.54) is 42.5 Å². The highest BCUT2D eigenvalue weighted by atomic mass is 35.5. The largest absolute Gasteiger partial charge is 0.416 e. The molecular weight excluding hydrogens is 387 g/mol. The lowest BCUT2D eigenvalue weighted by Crippen LogP contribution is -2.04. The molecule has 0 bridgehead atoms. The average molecular weight is 396 g/mol. The SMILES string of the molecule is O=[N+]([O-])c1ccc(-c2nnc(/C(Cl)=C/c3cccc(C(F)(F)F)c3)o2)cc1. The number of aromatic nitrogens is 2. The smallest absolute Gasteiger partial charge is 0.415 e. The predicted molar refractivity (Wildman–Crippen MR) is 91.6 cm³/mol. The van der Waals surface area contributed by atoms with Crippen LogP contribution in [0.25, 0.3) is 22.6 Å². The molecule has 3 aromatic rings. The molecule has 0 amide bonds. The summed E-state index contributed by atoms with van der Waals surface area (Å²) in [6.07, 6.45) is -3.20. The van der Waals surface area contributed by atoms with Gasteiger partial charge in [0.25, 0.3) is 11.6 Å². The molecule has 0 N–H and O–H groups in total. The molecule has 0 unspecified atom stereocenters. The summed E-state index contributed by atoms with van der Waals surface area (Å²) >= 11 is 6.07. The van der Waals surface area contributed by atoms with Gasteiger partial charge in [0.1, 0.15) is 5.03 Å². The van der Waals surface area contributed by atoms with Gasteiger partial charge in [-0.2, -0.15) is 13.2 Å². The summed E-state index contributed by atoms with van der Waals surface area (Å²) in [6, 6.07) is 10.0. The number of alkyl halides is 3. The maximum atomic E-state index is 12.8. The van der Waals surface area contributed by atoms with Crippen LogP contribution in [0.2, 0.25) is 0 Å². The highest BCUT2D eigenvalue weighted by Crippen LogP contribution is 2.31. The van der Waals surface area contributed by atoms with E-state index in [0.29, 0.717) is 5.56 Å². The normalized spacial score (nSPS) is 12.2. The Balaban J connectivity index is 1.85. The molecule has 0 aliphatic heterocycles. The first-order valence-electron chi connectivity index (χ1n) is 7.37. The number of nitrogens with zero attached hydrogens (tertiary/aromatic N) is 3. The van der Waals surface area contributed by atoms with E-state index in [9.17, 15) is 23.3 Å². The van der Waals surface area contributed by atoms with Gasteiger partial charge in [-0.25, -0.2) is 0 Å². The van der Waals surface area contributed by atoms with Crippen molar-refractivity contribution in [2.45, 2.75) is 6.18 Å². The van der Waals surface area contributed by atoms with Crippen LogP contribution in [0.1, 0.15) is 17.0 Å². The summed E-state index contributed by atoms with van der Waals surface area (Å²) in [7, 11) is 0. The van der Waals surface area contributed by atoms with Crippen LogP contribution in [0, 0.1) is 10.1 Å². The van der Waals surface area contributed by atoms with Crippen LogP contribution in [0.4, 0.5) is 18.9 Å². The van der Waals surface area contributed by atoms with Gasteiger partial charge in [0.05, 0.1) is 10.5 Å². The quantitative estimate of drug-likeness (QED) is 0.436. The van der Waals surface area contributed by atoms with Crippen molar-refractivity contribution in [1.82, 2.24) is 10.2 Å². The first-order valence-corrected chi connectivity index (χ1v) is 7.75. The fraction of sp³-hybridized carbons (Fsp3) is 0.0588. The monoisotopic (exact) mass is 395 g/mol. The van der Waals surface area contributed by atoms with E-state index in [2.05, 4.69) is 10.2 Å². The lowest BCUT2D eigenvalue weighted by molar-refractivity contribution is -0.384. The molecular formula is C17H9ClF3N3O3. The molecule has 0 fully saturated rings. The molecule has 1 aromatic heterocycles. The summed E-state index contributed by atoms with van der Waals surface area (Å²) in [6.45, 7) is 0. The molecule has 1 heterocycles. The molecule has 6 nitrogen and oxygen atoms in total. The number of hydrogen-bond acceptors (Lipinski definition) is 5. The molecule has 27 heavy (non-hydrogen) atoms. The molecule has 0 aliphatic rings. The van der Waals surface area contributed by atoms with Gasteiger partial charge >= 0.3 is 6.18 Å². The van der Waals surface area contributed by atoms with Gasteiger partial charge < -0.3 is 4.42 Å². The summed E-state index contributed by atoms with van der Waals surface area (Å²) < 4.78 is 43.7. The molecule has 0 saturated carbocycles. The molecule has 0 aliphatic carbocycles. The van der Waals surface area contributed by atoms with Crippen molar-refractivity contribution in [3.8, 4) is 11.5 Å². The third-order valence-corrected chi connectivity index (χ3v) is 3.73. The standard InChI is InChI=1S/C17H9ClF3N3O3/c18-14(9-10-2-1-3-12(8-10)17(19,20)21)16-23-22-15(27-16)11-4-6-13(7-5-11)24(25)26/h1-9H/b14-9-. The van der Waals surface area contributed by atoms with Crippen molar-refractivity contribution in [3.05, 3.63) is 75.7 Å². The van der Waals surface area contributed by atoms with E-state index in [4.69, 9.17) is 16.0 Å². The number of benzene rings is 2. The Labute approximate surface area is 155 Å². The van der Waals surface area contributed by atoms with Crippen molar-refractivity contribution < 1.29 is 22.5 Å². The fourth-order valence-corrected chi connectivity index (χ4v) is 2.38. The number of halogens is 4. The van der Waals surface area contributed by atoms with Crippen LogP contribution in [0.5, 0.6) is 0 Å². The number of nitro benzene ring substituents is 1. The molecule has 3 rings (SSSR count). The first kappa shape index (κ1) is 18.6. The summed E-state index contributed by atoms with van der Waals surface area (Å²) in [5.74, 6) is -0.0297. The van der Waals surface area contributed by atoms with E-state index in [-0.39, 0.29) is 28.1 Å². The number of non-ortho nitro benzene ring substituents is 1. The second-order valence-corrected chi connectivity index (χ2v) is 5.74. The van der Waals surface area contributed by atoms with E-state index in [1.807, 2.05) is 0 Å². The molecule has 2 aromatic carbocycles. The Bertz CT molecular complexity index is 1010. The summed E-state index contributed by atoms with van der Waals surface area (Å²) in [5.41, 5.74) is -0.258. The van der Waals surface area contributed by atoms with Gasteiger partial charge in [0.2, 0.25) is 5.89 Å². The maximum Gasteiger partial charge on any atom is 0.416 e. The van der Waals surface area contributed by atoms with Crippen LogP contribution in [-0.2, 0) is 6.18 Å². The van der Waals surface area contributed by atoms with Crippen molar-refractivity contribution in [1.29, 1.82) is 0 Å². The Morgan fingerprint density at radius 1 is 1.15 bits per heavy atom. The topological polar surface area (TPSA) is 82.1 Å². The van der Waals surface area contributed by atoms with E-state index in [1.54, 1.807) is 0 Å². The van der Waals surface area contributed by atoms with E-state index in [0.717, 1.165) is 12.1 Å². The molecule has 0 radical (unpaired) electrons. The molecule has 138 valence electrons. The third-order valence-electron chi connectivity index (χ3n) is 3.46. The fourth-order valence-electron chi connectivity index (χ4n) is 2.17.